The number of fused-ring (bicyclic) bond motifs is 1. The minimum Gasteiger partial charge on any atom is -0.289 e. The fraction of sp³-hybridized carbons (Fsp3) is 0.294. The average molecular weight is 284 g/mol. The molecule has 4 heteroatoms. The normalized spacial score (nSPS) is 15.8. The number of nitrogens with zero attached hydrogens (tertiary/aromatic N) is 2. The van der Waals surface area contributed by atoms with E-state index in [1.165, 1.54) is 6.07 Å². The van der Waals surface area contributed by atoms with Crippen LogP contribution in [0.5, 0.6) is 0 Å². The van der Waals surface area contributed by atoms with Crippen molar-refractivity contribution in [3.8, 4) is 0 Å². The van der Waals surface area contributed by atoms with E-state index >= 15 is 0 Å². The Balaban J connectivity index is 2.06. The molecule has 0 fully saturated rings. The Morgan fingerprint density at radius 1 is 1.38 bits per heavy atom. The molecule has 1 aromatic heterocycles. The van der Waals surface area contributed by atoms with Crippen LogP contribution in [0.1, 0.15) is 39.8 Å². The summed E-state index contributed by atoms with van der Waals surface area (Å²) in [6.07, 6.45) is 2.22. The van der Waals surface area contributed by atoms with Gasteiger partial charge in [-0.05, 0) is 32.9 Å². The van der Waals surface area contributed by atoms with Gasteiger partial charge in [-0.2, -0.15) is 5.10 Å². The lowest BCUT2D eigenvalue weighted by atomic mass is 10.1. The third-order valence-electron chi connectivity index (χ3n) is 4.08. The molecule has 21 heavy (non-hydrogen) atoms. The number of halogens is 1. The third kappa shape index (κ3) is 2.11. The summed E-state index contributed by atoms with van der Waals surface area (Å²) in [6, 6.07) is 4.68. The van der Waals surface area contributed by atoms with Crippen LogP contribution >= 0.6 is 0 Å². The number of benzene rings is 1. The van der Waals surface area contributed by atoms with Crippen molar-refractivity contribution in [2.24, 2.45) is 0 Å². The summed E-state index contributed by atoms with van der Waals surface area (Å²) in [7, 11) is 0. The monoisotopic (exact) mass is 284 g/mol. The molecule has 0 spiro atoms. The molecule has 0 aliphatic heterocycles. The highest BCUT2D eigenvalue weighted by molar-refractivity contribution is 6.15. The van der Waals surface area contributed by atoms with Crippen LogP contribution < -0.4 is 0 Å². The van der Waals surface area contributed by atoms with Crippen molar-refractivity contribution in [1.82, 2.24) is 9.78 Å². The summed E-state index contributed by atoms with van der Waals surface area (Å²) in [6.45, 7) is 6.74. The van der Waals surface area contributed by atoms with E-state index in [0.29, 0.717) is 23.1 Å². The van der Waals surface area contributed by atoms with Crippen molar-refractivity contribution < 1.29 is 9.18 Å². The zero-order chi connectivity index (χ0) is 15.1. The topological polar surface area (TPSA) is 34.9 Å². The maximum Gasteiger partial charge on any atom is 0.189 e. The molecular formula is C17H17FN2O. The Morgan fingerprint density at radius 2 is 2.14 bits per heavy atom. The van der Waals surface area contributed by atoms with Crippen LogP contribution in [0, 0.1) is 19.7 Å². The van der Waals surface area contributed by atoms with Crippen molar-refractivity contribution >= 4 is 11.9 Å². The number of aromatic nitrogens is 2. The van der Waals surface area contributed by atoms with Crippen LogP contribution in [0.15, 0.2) is 23.8 Å². The first-order valence-electron chi connectivity index (χ1n) is 7.09. The van der Waals surface area contributed by atoms with Crippen LogP contribution in [0.3, 0.4) is 0 Å². The van der Waals surface area contributed by atoms with E-state index in [2.05, 4.69) is 5.10 Å². The Labute approximate surface area is 123 Å². The van der Waals surface area contributed by atoms with Gasteiger partial charge in [0.15, 0.2) is 5.78 Å². The SMILES string of the molecule is CCn1nc(C)c(/C=C2\Cc3c(F)cccc3C2=O)c1C. The number of aryl methyl sites for hydroxylation is 2. The van der Waals surface area contributed by atoms with E-state index in [1.807, 2.05) is 31.5 Å². The molecular weight excluding hydrogens is 267 g/mol. The number of ketones is 1. The quantitative estimate of drug-likeness (QED) is 0.791. The molecule has 0 saturated heterocycles. The van der Waals surface area contributed by atoms with Gasteiger partial charge in [-0.1, -0.05) is 12.1 Å². The fourth-order valence-electron chi connectivity index (χ4n) is 2.91. The molecule has 3 rings (SSSR count). The number of Topliss-reactive ketones (excluding diaryl/α,β-unsaturated/α-hetero) is 1. The van der Waals surface area contributed by atoms with E-state index in [0.717, 1.165) is 23.5 Å². The Morgan fingerprint density at radius 3 is 2.76 bits per heavy atom. The molecule has 3 nitrogen and oxygen atoms in total. The zero-order valence-corrected chi connectivity index (χ0v) is 12.4. The number of hydrogen-bond acceptors (Lipinski definition) is 2. The molecule has 0 atom stereocenters. The summed E-state index contributed by atoms with van der Waals surface area (Å²) in [5.41, 5.74) is 4.52. The highest BCUT2D eigenvalue weighted by Gasteiger charge is 2.27. The Kier molecular flexibility index (Phi) is 3.24. The first kappa shape index (κ1) is 13.7. The van der Waals surface area contributed by atoms with Crippen molar-refractivity contribution in [2.75, 3.05) is 0 Å². The van der Waals surface area contributed by atoms with Crippen molar-refractivity contribution in [2.45, 2.75) is 33.7 Å². The number of carbonyl (C=O) groups is 1. The summed E-state index contributed by atoms with van der Waals surface area (Å²) >= 11 is 0. The summed E-state index contributed by atoms with van der Waals surface area (Å²) in [4.78, 5) is 12.4. The number of rotatable bonds is 2. The highest BCUT2D eigenvalue weighted by atomic mass is 19.1. The van der Waals surface area contributed by atoms with Gasteiger partial charge in [-0.15, -0.1) is 0 Å². The Hall–Kier alpha value is -2.23. The molecule has 108 valence electrons. The maximum absolute atomic E-state index is 13.8. The van der Waals surface area contributed by atoms with Gasteiger partial charge in [-0.3, -0.25) is 9.48 Å². The molecule has 1 aromatic carbocycles. The van der Waals surface area contributed by atoms with Gasteiger partial charge in [0.05, 0.1) is 5.69 Å². The van der Waals surface area contributed by atoms with Crippen molar-refractivity contribution in [1.29, 1.82) is 0 Å². The third-order valence-corrected chi connectivity index (χ3v) is 4.08. The molecule has 0 saturated carbocycles. The number of allylic oxidation sites excluding steroid dienone is 1. The molecule has 1 aliphatic carbocycles. The van der Waals surface area contributed by atoms with E-state index < -0.39 is 0 Å². The summed E-state index contributed by atoms with van der Waals surface area (Å²) in [5.74, 6) is -0.380. The molecule has 0 unspecified atom stereocenters. The van der Waals surface area contributed by atoms with Crippen molar-refractivity contribution in [3.63, 3.8) is 0 Å². The highest BCUT2D eigenvalue weighted by Crippen LogP contribution is 2.30. The largest absolute Gasteiger partial charge is 0.289 e. The van der Waals surface area contributed by atoms with Gasteiger partial charge >= 0.3 is 0 Å². The molecule has 0 N–H and O–H groups in total. The van der Waals surface area contributed by atoms with Crippen LogP contribution in [-0.2, 0) is 13.0 Å². The molecule has 0 radical (unpaired) electrons. The summed E-state index contributed by atoms with van der Waals surface area (Å²) in [5, 5.41) is 4.45. The zero-order valence-electron chi connectivity index (χ0n) is 12.4. The molecule has 1 heterocycles. The van der Waals surface area contributed by atoms with Gasteiger partial charge < -0.3 is 0 Å². The first-order chi connectivity index (χ1) is 10.0. The van der Waals surface area contributed by atoms with Crippen molar-refractivity contribution in [3.05, 3.63) is 57.7 Å². The molecule has 0 bridgehead atoms. The predicted molar refractivity (Wildman–Crippen MR) is 79.8 cm³/mol. The van der Waals surface area contributed by atoms with Gasteiger partial charge in [-0.25, -0.2) is 4.39 Å². The van der Waals surface area contributed by atoms with E-state index in [9.17, 15) is 9.18 Å². The first-order valence-corrected chi connectivity index (χ1v) is 7.09. The van der Waals surface area contributed by atoms with E-state index in [4.69, 9.17) is 0 Å². The molecule has 2 aromatic rings. The molecule has 0 amide bonds. The number of hydrogen-bond donors (Lipinski definition) is 0. The molecule has 1 aliphatic rings. The Bertz CT molecular complexity index is 771. The summed E-state index contributed by atoms with van der Waals surface area (Å²) < 4.78 is 15.7. The number of carbonyl (C=O) groups excluding carboxylic acids is 1. The lowest BCUT2D eigenvalue weighted by molar-refractivity contribution is 0.104. The second kappa shape index (κ2) is 4.95. The van der Waals surface area contributed by atoms with Gasteiger partial charge in [0.25, 0.3) is 0 Å². The lowest BCUT2D eigenvalue weighted by Crippen LogP contribution is -1.99. The van der Waals surface area contributed by atoms with Gasteiger partial charge in [0, 0.05) is 40.9 Å². The second-order valence-corrected chi connectivity index (χ2v) is 5.34. The standard InChI is InChI=1S/C17H17FN2O/c1-4-20-11(3)14(10(2)19-20)8-12-9-15-13(17(12)21)6-5-7-16(15)18/h5-8H,4,9H2,1-3H3/b12-8+. The van der Waals surface area contributed by atoms with E-state index in [1.54, 1.807) is 12.1 Å². The second-order valence-electron chi connectivity index (χ2n) is 5.34. The predicted octanol–water partition coefficient (Wildman–Crippen LogP) is 3.48. The maximum atomic E-state index is 13.8. The van der Waals surface area contributed by atoms with E-state index in [-0.39, 0.29) is 11.6 Å². The van der Waals surface area contributed by atoms with Gasteiger partial charge in [0.2, 0.25) is 0 Å². The minimum absolute atomic E-state index is 0.0763. The van der Waals surface area contributed by atoms with Crippen LogP contribution in [0.2, 0.25) is 0 Å². The van der Waals surface area contributed by atoms with Crippen LogP contribution in [0.25, 0.3) is 6.08 Å². The fourth-order valence-corrected chi connectivity index (χ4v) is 2.91. The minimum atomic E-state index is -0.304. The smallest absolute Gasteiger partial charge is 0.189 e. The average Bonchev–Trinajstić information content (AvgIpc) is 2.93. The van der Waals surface area contributed by atoms with Gasteiger partial charge in [0.1, 0.15) is 5.82 Å². The lowest BCUT2D eigenvalue weighted by Gasteiger charge is -2.00. The van der Waals surface area contributed by atoms with Crippen LogP contribution in [0.4, 0.5) is 4.39 Å². The van der Waals surface area contributed by atoms with Crippen LogP contribution in [-0.4, -0.2) is 15.6 Å².